The van der Waals surface area contributed by atoms with E-state index in [1.54, 1.807) is 56.8 Å². The van der Waals surface area contributed by atoms with Gasteiger partial charge < -0.3 is 10.1 Å². The Bertz CT molecular complexity index is 1920. The van der Waals surface area contributed by atoms with Crippen molar-refractivity contribution in [3.05, 3.63) is 108 Å². The van der Waals surface area contributed by atoms with Crippen molar-refractivity contribution in [1.29, 1.82) is 0 Å². The number of rotatable bonds is 9. The molecule has 47 heavy (non-hydrogen) atoms. The van der Waals surface area contributed by atoms with Gasteiger partial charge in [-0.25, -0.2) is 12.8 Å². The molecular formula is C34H37FN6O5S. The number of carbonyl (C=O) groups is 2. The fourth-order valence-electron chi connectivity index (χ4n) is 4.10. The molecule has 13 heteroatoms. The van der Waals surface area contributed by atoms with Crippen molar-refractivity contribution in [1.82, 2.24) is 20.2 Å². The molecule has 0 saturated carbocycles. The lowest BCUT2D eigenvalue weighted by atomic mass is 10.0. The van der Waals surface area contributed by atoms with Crippen molar-refractivity contribution in [2.24, 2.45) is 0 Å². The normalized spacial score (nSPS) is 10.4. The highest BCUT2D eigenvalue weighted by atomic mass is 32.2. The fourth-order valence-corrected chi connectivity index (χ4v) is 4.10. The van der Waals surface area contributed by atoms with Crippen LogP contribution in [0.1, 0.15) is 6.92 Å². The molecule has 2 aromatic heterocycles. The molecule has 2 heterocycles. The Kier molecular flexibility index (Phi) is 12.7. The first-order chi connectivity index (χ1) is 22.4. The molecule has 0 fully saturated rings. The second-order valence-corrected chi connectivity index (χ2v) is 12.6. The van der Waals surface area contributed by atoms with Crippen LogP contribution in [-0.2, 0) is 19.4 Å². The van der Waals surface area contributed by atoms with E-state index < -0.39 is 15.7 Å². The van der Waals surface area contributed by atoms with Gasteiger partial charge in [0.2, 0.25) is 0 Å². The first-order valence-electron chi connectivity index (χ1n) is 14.2. The second kappa shape index (κ2) is 16.7. The molecule has 0 aliphatic heterocycles. The van der Waals surface area contributed by atoms with Crippen LogP contribution >= 0.6 is 0 Å². The van der Waals surface area contributed by atoms with Crippen LogP contribution < -0.4 is 15.1 Å². The number of ether oxygens (including phenoxy) is 1. The van der Waals surface area contributed by atoms with E-state index in [9.17, 15) is 22.4 Å². The van der Waals surface area contributed by atoms with E-state index in [0.29, 0.717) is 29.7 Å². The molecule has 5 aromatic rings. The van der Waals surface area contributed by atoms with Gasteiger partial charge in [-0.1, -0.05) is 18.2 Å². The van der Waals surface area contributed by atoms with Gasteiger partial charge >= 0.3 is 0 Å². The third-order valence-electron chi connectivity index (χ3n) is 6.71. The van der Waals surface area contributed by atoms with Crippen LogP contribution in [0.3, 0.4) is 0 Å². The van der Waals surface area contributed by atoms with Crippen LogP contribution in [0.4, 0.5) is 15.8 Å². The molecular weight excluding hydrogens is 623 g/mol. The molecule has 5 rings (SSSR count). The van der Waals surface area contributed by atoms with Crippen molar-refractivity contribution in [2.45, 2.75) is 6.92 Å². The molecule has 0 radical (unpaired) electrons. The van der Waals surface area contributed by atoms with Crippen molar-refractivity contribution in [2.75, 3.05) is 44.0 Å². The lowest BCUT2D eigenvalue weighted by Gasteiger charge is -2.32. The summed E-state index contributed by atoms with van der Waals surface area (Å²) in [6.45, 7) is 1.73. The number of carbonyl (C=O) groups excluding carboxylic acids is 2. The SMILES string of the molecule is CC(=C(C=O)C=O)N(C)N(C)c1ccccc1.CNc1ccc(Oc2cc3cn[nH]c3cc2-c2ccncc2)c(F)c1.CS(C)(=O)=O. The maximum Gasteiger partial charge on any atom is 0.167 e. The number of anilines is 2. The summed E-state index contributed by atoms with van der Waals surface area (Å²) in [5.74, 6) is 0.285. The summed E-state index contributed by atoms with van der Waals surface area (Å²) in [6, 6.07) is 22.0. The molecule has 0 amide bonds. The van der Waals surface area contributed by atoms with Crippen LogP contribution in [-0.4, -0.2) is 74.8 Å². The van der Waals surface area contributed by atoms with Crippen LogP contribution in [0.5, 0.6) is 11.5 Å². The van der Waals surface area contributed by atoms with Gasteiger partial charge in [-0.05, 0) is 61.0 Å². The number of nitrogens with zero attached hydrogens (tertiary/aromatic N) is 4. The van der Waals surface area contributed by atoms with Gasteiger partial charge in [-0.2, -0.15) is 5.10 Å². The number of allylic oxidation sites excluding steroid dienone is 2. The Morgan fingerprint density at radius 3 is 2.15 bits per heavy atom. The average molecular weight is 661 g/mol. The van der Waals surface area contributed by atoms with E-state index >= 15 is 0 Å². The topological polar surface area (TPSA) is 138 Å². The van der Waals surface area contributed by atoms with E-state index in [2.05, 4.69) is 20.5 Å². The minimum atomic E-state index is -2.67. The lowest BCUT2D eigenvalue weighted by molar-refractivity contribution is -0.109. The number of hydrogen-bond acceptors (Lipinski definition) is 10. The Labute approximate surface area is 273 Å². The molecule has 0 unspecified atom stereocenters. The Hall–Kier alpha value is -5.56. The molecule has 0 aliphatic rings. The highest BCUT2D eigenvalue weighted by Crippen LogP contribution is 2.37. The summed E-state index contributed by atoms with van der Waals surface area (Å²) in [5.41, 5.74) is 5.06. The number of benzene rings is 3. The standard InChI is InChI=1S/C19H15FN4O.C13H16N2O2.C2H6O2S/c1-21-14-2-3-18(16(20)9-14)25-19-8-13-11-23-24-17(13)10-15(19)12-4-6-22-7-5-12;1-11(12(9-16)10-17)14(2)15(3)13-7-5-4-6-8-13;1-5(2,3)4/h2-11,21H,1H3,(H,23,24);4-10H,1-3H3;1-2H3. The smallest absolute Gasteiger partial charge is 0.167 e. The van der Waals surface area contributed by atoms with E-state index in [1.165, 1.54) is 6.07 Å². The predicted octanol–water partition coefficient (Wildman–Crippen LogP) is 5.90. The third kappa shape index (κ3) is 10.5. The van der Waals surface area contributed by atoms with E-state index in [4.69, 9.17) is 4.74 Å². The van der Waals surface area contributed by atoms with Crippen LogP contribution in [0, 0.1) is 5.82 Å². The number of sulfone groups is 1. The van der Waals surface area contributed by atoms with Gasteiger partial charge in [-0.3, -0.25) is 29.7 Å². The number of nitrogens with one attached hydrogen (secondary N) is 2. The molecule has 0 spiro atoms. The number of H-pyrrole nitrogens is 1. The van der Waals surface area contributed by atoms with Crippen LogP contribution in [0.2, 0.25) is 0 Å². The summed E-state index contributed by atoms with van der Waals surface area (Å²) in [5, 5.41) is 14.4. The third-order valence-corrected chi connectivity index (χ3v) is 6.71. The van der Waals surface area contributed by atoms with E-state index in [0.717, 1.165) is 40.2 Å². The average Bonchev–Trinajstić information content (AvgIpc) is 3.53. The number of pyridine rings is 1. The summed E-state index contributed by atoms with van der Waals surface area (Å²) in [7, 11) is 2.74. The summed E-state index contributed by atoms with van der Waals surface area (Å²) in [6.07, 6.45) is 8.57. The first kappa shape index (κ1) is 35.9. The van der Waals surface area contributed by atoms with Gasteiger partial charge in [0.15, 0.2) is 24.1 Å². The molecule has 0 aliphatic carbocycles. The first-order valence-corrected chi connectivity index (χ1v) is 16.5. The number of para-hydroxylation sites is 1. The number of aldehydes is 2. The van der Waals surface area contributed by atoms with Crippen molar-refractivity contribution < 1.29 is 27.1 Å². The Morgan fingerprint density at radius 1 is 0.936 bits per heavy atom. The molecule has 11 nitrogen and oxygen atoms in total. The maximum absolute atomic E-state index is 14.3. The zero-order chi connectivity index (χ0) is 34.6. The number of hydrogen-bond donors (Lipinski definition) is 2. The second-order valence-electron chi connectivity index (χ2n) is 10.3. The number of aromatic nitrogens is 3. The number of aromatic amines is 1. The van der Waals surface area contributed by atoms with Crippen molar-refractivity contribution in [3.8, 4) is 22.6 Å². The van der Waals surface area contributed by atoms with Crippen LogP contribution in [0.15, 0.2) is 103 Å². The minimum absolute atomic E-state index is 0.148. The number of hydrazine groups is 1. The van der Waals surface area contributed by atoms with E-state index in [-0.39, 0.29) is 11.3 Å². The molecule has 246 valence electrons. The zero-order valence-electron chi connectivity index (χ0n) is 26.9. The van der Waals surface area contributed by atoms with Gasteiger partial charge in [0.1, 0.15) is 15.6 Å². The van der Waals surface area contributed by atoms with Crippen molar-refractivity contribution >= 4 is 44.7 Å². The summed E-state index contributed by atoms with van der Waals surface area (Å²) in [4.78, 5) is 25.5. The van der Waals surface area contributed by atoms with Crippen LogP contribution in [0.25, 0.3) is 22.0 Å². The largest absolute Gasteiger partial charge is 0.454 e. The summed E-state index contributed by atoms with van der Waals surface area (Å²) >= 11 is 0. The Morgan fingerprint density at radius 2 is 1.57 bits per heavy atom. The highest BCUT2D eigenvalue weighted by molar-refractivity contribution is 7.89. The monoisotopic (exact) mass is 660 g/mol. The molecule has 0 bridgehead atoms. The summed E-state index contributed by atoms with van der Waals surface area (Å²) < 4.78 is 39.5. The lowest BCUT2D eigenvalue weighted by Crippen LogP contribution is -2.36. The highest BCUT2D eigenvalue weighted by Gasteiger charge is 2.14. The zero-order valence-corrected chi connectivity index (χ0v) is 27.7. The van der Waals surface area contributed by atoms with Gasteiger partial charge in [0.25, 0.3) is 0 Å². The molecule has 3 aromatic carbocycles. The maximum atomic E-state index is 14.3. The molecule has 0 atom stereocenters. The molecule has 0 saturated heterocycles. The van der Waals surface area contributed by atoms with Gasteiger partial charge in [0, 0.05) is 74.4 Å². The van der Waals surface area contributed by atoms with Crippen molar-refractivity contribution in [3.63, 3.8) is 0 Å². The quantitative estimate of drug-likeness (QED) is 0.0646. The van der Waals surface area contributed by atoms with Gasteiger partial charge in [0.05, 0.1) is 23.0 Å². The van der Waals surface area contributed by atoms with E-state index in [1.807, 2.05) is 66.7 Å². The number of halogens is 1. The minimum Gasteiger partial charge on any atom is -0.454 e. The predicted molar refractivity (Wildman–Crippen MR) is 184 cm³/mol. The van der Waals surface area contributed by atoms with Gasteiger partial charge in [-0.15, -0.1) is 0 Å². The fraction of sp³-hybridized carbons (Fsp3) is 0.176. The number of fused-ring (bicyclic) bond motifs is 1. The Balaban J connectivity index is 0.000000237. The molecule has 2 N–H and O–H groups in total.